The maximum atomic E-state index is 11.3. The van der Waals surface area contributed by atoms with Crippen LogP contribution in [0.1, 0.15) is 24.8 Å². The van der Waals surface area contributed by atoms with Gasteiger partial charge in [-0.1, -0.05) is 36.4 Å². The van der Waals surface area contributed by atoms with Crippen LogP contribution in [0.2, 0.25) is 0 Å². The van der Waals surface area contributed by atoms with Gasteiger partial charge in [-0.05, 0) is 18.4 Å². The molecule has 1 aromatic carbocycles. The molecule has 0 bridgehead atoms. The smallest absolute Gasteiger partial charge is 0.220 e. The summed E-state index contributed by atoms with van der Waals surface area (Å²) in [6.07, 6.45) is 4.20. The van der Waals surface area contributed by atoms with Crippen LogP contribution < -0.4 is 5.32 Å². The van der Waals surface area contributed by atoms with Crippen molar-refractivity contribution in [3.63, 3.8) is 0 Å². The van der Waals surface area contributed by atoms with Crippen LogP contribution in [0.5, 0.6) is 0 Å². The quantitative estimate of drug-likeness (QED) is 0.559. The van der Waals surface area contributed by atoms with Gasteiger partial charge in [0, 0.05) is 13.0 Å². The summed E-state index contributed by atoms with van der Waals surface area (Å²) in [5.74, 6) is 0.112. The Hall–Kier alpha value is -1.57. The third-order valence-corrected chi connectivity index (χ3v) is 2.14. The second kappa shape index (κ2) is 6.82. The van der Waals surface area contributed by atoms with Crippen LogP contribution in [-0.4, -0.2) is 5.91 Å². The molecule has 1 N–H and O–H groups in total. The first kappa shape index (κ1) is 11.5. The molecule has 0 aromatic heterocycles. The van der Waals surface area contributed by atoms with Crippen LogP contribution in [0.3, 0.4) is 0 Å². The number of hydrogen-bond donors (Lipinski definition) is 1. The number of amides is 1. The van der Waals surface area contributed by atoms with E-state index >= 15 is 0 Å². The lowest BCUT2D eigenvalue weighted by molar-refractivity contribution is -0.121. The molecule has 1 amide bonds. The molecule has 0 atom stereocenters. The number of carbonyl (C=O) groups is 1. The van der Waals surface area contributed by atoms with E-state index in [1.165, 1.54) is 0 Å². The first-order chi connectivity index (χ1) is 7.33. The van der Waals surface area contributed by atoms with E-state index in [1.807, 2.05) is 36.4 Å². The van der Waals surface area contributed by atoms with Gasteiger partial charge in [0.25, 0.3) is 0 Å². The van der Waals surface area contributed by atoms with Crippen LogP contribution in [0.25, 0.3) is 0 Å². The molecule has 1 rings (SSSR count). The Labute approximate surface area is 91.0 Å². The summed E-state index contributed by atoms with van der Waals surface area (Å²) in [4.78, 5) is 11.3. The molecule has 0 saturated heterocycles. The number of unbranched alkanes of at least 4 members (excludes halogenated alkanes) is 1. The normalized spacial score (nSPS) is 9.60. The molecule has 0 aliphatic carbocycles. The van der Waals surface area contributed by atoms with Crippen molar-refractivity contribution in [3.8, 4) is 0 Å². The number of hydrogen-bond acceptors (Lipinski definition) is 1. The molecule has 0 aliphatic rings. The van der Waals surface area contributed by atoms with Crippen molar-refractivity contribution in [2.75, 3.05) is 0 Å². The Morgan fingerprint density at radius 1 is 1.33 bits per heavy atom. The predicted octanol–water partition coefficient (Wildman–Crippen LogP) is 2.66. The fourth-order valence-corrected chi connectivity index (χ4v) is 1.29. The maximum absolute atomic E-state index is 11.3. The van der Waals surface area contributed by atoms with Crippen LogP contribution in [0.15, 0.2) is 43.0 Å². The molecule has 2 nitrogen and oxygen atoms in total. The van der Waals surface area contributed by atoms with Gasteiger partial charge in [0.05, 0.1) is 0 Å². The summed E-state index contributed by atoms with van der Waals surface area (Å²) in [5.41, 5.74) is 1.13. The van der Waals surface area contributed by atoms with Gasteiger partial charge < -0.3 is 5.32 Å². The number of benzene rings is 1. The Morgan fingerprint density at radius 3 is 2.73 bits per heavy atom. The fraction of sp³-hybridized carbons (Fsp3) is 0.308. The van der Waals surface area contributed by atoms with Gasteiger partial charge in [-0.25, -0.2) is 0 Å². The van der Waals surface area contributed by atoms with Gasteiger partial charge in [0.2, 0.25) is 5.91 Å². The van der Waals surface area contributed by atoms with Crippen molar-refractivity contribution >= 4 is 5.91 Å². The molecule has 80 valence electrons. The SMILES string of the molecule is C=CCCCC(=O)NCc1ccccc1. The zero-order valence-corrected chi connectivity index (χ0v) is 8.91. The van der Waals surface area contributed by atoms with E-state index in [4.69, 9.17) is 0 Å². The van der Waals surface area contributed by atoms with Gasteiger partial charge in [-0.3, -0.25) is 4.79 Å². The average molecular weight is 203 g/mol. The molecule has 1 aromatic rings. The van der Waals surface area contributed by atoms with Crippen LogP contribution in [0.4, 0.5) is 0 Å². The third-order valence-electron chi connectivity index (χ3n) is 2.14. The molecule has 0 unspecified atom stereocenters. The molecule has 15 heavy (non-hydrogen) atoms. The van der Waals surface area contributed by atoms with E-state index < -0.39 is 0 Å². The fourth-order valence-electron chi connectivity index (χ4n) is 1.29. The van der Waals surface area contributed by atoms with Crippen LogP contribution >= 0.6 is 0 Å². The molecular weight excluding hydrogens is 186 g/mol. The van der Waals surface area contributed by atoms with Crippen molar-refractivity contribution in [3.05, 3.63) is 48.6 Å². The van der Waals surface area contributed by atoms with E-state index in [0.29, 0.717) is 13.0 Å². The van der Waals surface area contributed by atoms with Crippen molar-refractivity contribution in [2.24, 2.45) is 0 Å². The second-order valence-corrected chi connectivity index (χ2v) is 3.44. The topological polar surface area (TPSA) is 29.1 Å². The highest BCUT2D eigenvalue weighted by atomic mass is 16.1. The minimum Gasteiger partial charge on any atom is -0.352 e. The van der Waals surface area contributed by atoms with Crippen molar-refractivity contribution < 1.29 is 4.79 Å². The largest absolute Gasteiger partial charge is 0.352 e. The molecule has 0 fully saturated rings. The number of nitrogens with one attached hydrogen (secondary N) is 1. The van der Waals surface area contributed by atoms with Crippen LogP contribution in [-0.2, 0) is 11.3 Å². The Kier molecular flexibility index (Phi) is 5.23. The average Bonchev–Trinajstić information content (AvgIpc) is 2.28. The highest BCUT2D eigenvalue weighted by Crippen LogP contribution is 1.99. The van der Waals surface area contributed by atoms with Gasteiger partial charge in [0.15, 0.2) is 0 Å². The van der Waals surface area contributed by atoms with Crippen molar-refractivity contribution in [2.45, 2.75) is 25.8 Å². The van der Waals surface area contributed by atoms with Gasteiger partial charge >= 0.3 is 0 Å². The zero-order valence-electron chi connectivity index (χ0n) is 8.91. The lowest BCUT2D eigenvalue weighted by Crippen LogP contribution is -2.22. The number of rotatable bonds is 6. The lowest BCUT2D eigenvalue weighted by atomic mass is 10.2. The highest BCUT2D eigenvalue weighted by Gasteiger charge is 1.99. The van der Waals surface area contributed by atoms with E-state index in [9.17, 15) is 4.79 Å². The summed E-state index contributed by atoms with van der Waals surface area (Å²) in [5, 5.41) is 2.88. The summed E-state index contributed by atoms with van der Waals surface area (Å²) < 4.78 is 0. The molecule has 0 radical (unpaired) electrons. The summed E-state index contributed by atoms with van der Waals surface area (Å²) in [6.45, 7) is 4.24. The van der Waals surface area contributed by atoms with E-state index in [-0.39, 0.29) is 5.91 Å². The Morgan fingerprint density at radius 2 is 2.07 bits per heavy atom. The highest BCUT2D eigenvalue weighted by molar-refractivity contribution is 5.75. The summed E-state index contributed by atoms with van der Waals surface area (Å²) in [7, 11) is 0. The number of allylic oxidation sites excluding steroid dienone is 1. The summed E-state index contributed by atoms with van der Waals surface area (Å²) in [6, 6.07) is 9.92. The molecule has 0 aliphatic heterocycles. The van der Waals surface area contributed by atoms with Crippen LogP contribution in [0, 0.1) is 0 Å². The maximum Gasteiger partial charge on any atom is 0.220 e. The summed E-state index contributed by atoms with van der Waals surface area (Å²) >= 11 is 0. The predicted molar refractivity (Wildman–Crippen MR) is 62.3 cm³/mol. The minimum absolute atomic E-state index is 0.112. The van der Waals surface area contributed by atoms with Gasteiger partial charge in [0.1, 0.15) is 0 Å². The van der Waals surface area contributed by atoms with E-state index in [1.54, 1.807) is 0 Å². The Balaban J connectivity index is 2.20. The van der Waals surface area contributed by atoms with Gasteiger partial charge in [-0.2, -0.15) is 0 Å². The van der Waals surface area contributed by atoms with Gasteiger partial charge in [-0.15, -0.1) is 6.58 Å². The first-order valence-electron chi connectivity index (χ1n) is 5.24. The molecular formula is C13H17NO. The number of carbonyl (C=O) groups excluding carboxylic acids is 1. The van der Waals surface area contributed by atoms with E-state index in [2.05, 4.69) is 11.9 Å². The third kappa shape index (κ3) is 5.01. The standard InChI is InChI=1S/C13H17NO/c1-2-3-5-10-13(15)14-11-12-8-6-4-7-9-12/h2,4,6-9H,1,3,5,10-11H2,(H,14,15). The van der Waals surface area contributed by atoms with E-state index in [0.717, 1.165) is 18.4 Å². The molecule has 0 spiro atoms. The molecule has 0 heterocycles. The minimum atomic E-state index is 0.112. The Bertz CT molecular complexity index is 306. The monoisotopic (exact) mass is 203 g/mol. The van der Waals surface area contributed by atoms with Crippen molar-refractivity contribution in [1.82, 2.24) is 5.32 Å². The first-order valence-corrected chi connectivity index (χ1v) is 5.24. The lowest BCUT2D eigenvalue weighted by Gasteiger charge is -2.04. The molecule has 2 heteroatoms. The second-order valence-electron chi connectivity index (χ2n) is 3.44. The molecule has 0 saturated carbocycles. The zero-order chi connectivity index (χ0) is 10.9. The van der Waals surface area contributed by atoms with Crippen molar-refractivity contribution in [1.29, 1.82) is 0 Å².